The maximum atomic E-state index is 12.9. The fraction of sp³-hybridized carbons (Fsp3) is 0.474. The van der Waals surface area contributed by atoms with Crippen LogP contribution in [0.3, 0.4) is 0 Å². The van der Waals surface area contributed by atoms with Gasteiger partial charge in [0.15, 0.2) is 5.60 Å². The van der Waals surface area contributed by atoms with Gasteiger partial charge in [0.2, 0.25) is 5.89 Å². The topological polar surface area (TPSA) is 64.8 Å². The second-order valence-corrected chi connectivity index (χ2v) is 7.20. The minimum absolute atomic E-state index is 0.171. The predicted molar refractivity (Wildman–Crippen MR) is 91.4 cm³/mol. The largest absolute Gasteiger partial charge is 0.509 e. The number of piperidine rings is 1. The highest BCUT2D eigenvalue weighted by molar-refractivity contribution is 5.62. The van der Waals surface area contributed by atoms with Gasteiger partial charge in [-0.3, -0.25) is 4.90 Å². The van der Waals surface area contributed by atoms with Gasteiger partial charge in [0.25, 0.3) is 0 Å². The quantitative estimate of drug-likeness (QED) is 0.726. The van der Waals surface area contributed by atoms with E-state index >= 15 is 0 Å². The van der Waals surface area contributed by atoms with Gasteiger partial charge >= 0.3 is 12.3 Å². The predicted octanol–water partition coefficient (Wildman–Crippen LogP) is 4.17. The Labute approximate surface area is 159 Å². The van der Waals surface area contributed by atoms with Crippen LogP contribution in [0.2, 0.25) is 0 Å². The molecule has 3 heterocycles. The molecule has 2 fully saturated rings. The SMILES string of the molecule is Cc1oc(-c2cccc(C(F)(F)F)c2)nc1CN1CCC2(CC1)COC(=O)O2. The van der Waals surface area contributed by atoms with Crippen LogP contribution in [-0.2, 0) is 22.2 Å². The first kappa shape index (κ1) is 18.8. The highest BCUT2D eigenvalue weighted by Crippen LogP contribution is 2.34. The number of hydrogen-bond donors (Lipinski definition) is 0. The molecule has 1 aromatic carbocycles. The zero-order chi connectivity index (χ0) is 19.9. The summed E-state index contributed by atoms with van der Waals surface area (Å²) in [7, 11) is 0. The molecule has 2 aromatic rings. The van der Waals surface area contributed by atoms with E-state index in [0.29, 0.717) is 43.9 Å². The van der Waals surface area contributed by atoms with Crippen molar-refractivity contribution in [3.05, 3.63) is 41.3 Å². The Kier molecular flexibility index (Phi) is 4.57. The Hall–Kier alpha value is -2.55. The molecule has 6 nitrogen and oxygen atoms in total. The maximum Gasteiger partial charge on any atom is 0.509 e. The van der Waals surface area contributed by atoms with Gasteiger partial charge in [-0.15, -0.1) is 0 Å². The van der Waals surface area contributed by atoms with Crippen molar-refractivity contribution in [2.75, 3.05) is 19.7 Å². The third kappa shape index (κ3) is 3.71. The smallest absolute Gasteiger partial charge is 0.441 e. The standard InChI is InChI=1S/C19H19F3N2O4/c1-12-15(10-24-7-5-18(6-8-24)11-26-17(25)28-18)23-16(27-12)13-3-2-4-14(9-13)19(20,21)22/h2-4,9H,5-8,10-11H2,1H3. The van der Waals surface area contributed by atoms with Gasteiger partial charge in [0.1, 0.15) is 12.4 Å². The van der Waals surface area contributed by atoms with Crippen molar-refractivity contribution in [3.63, 3.8) is 0 Å². The zero-order valence-corrected chi connectivity index (χ0v) is 15.2. The number of carbonyl (C=O) groups excluding carboxylic acids is 1. The summed E-state index contributed by atoms with van der Waals surface area (Å²) < 4.78 is 54.6. The molecule has 1 spiro atoms. The number of hydrogen-bond acceptors (Lipinski definition) is 6. The van der Waals surface area contributed by atoms with Crippen molar-refractivity contribution < 1.29 is 31.9 Å². The number of likely N-dealkylation sites (tertiary alicyclic amines) is 1. The molecule has 4 rings (SSSR count). The number of aromatic nitrogens is 1. The number of oxazole rings is 1. The summed E-state index contributed by atoms with van der Waals surface area (Å²) in [6.07, 6.45) is -3.71. The molecule has 1 aromatic heterocycles. The van der Waals surface area contributed by atoms with Crippen LogP contribution in [0, 0.1) is 6.92 Å². The first-order chi connectivity index (χ1) is 13.2. The van der Waals surface area contributed by atoms with E-state index in [9.17, 15) is 18.0 Å². The van der Waals surface area contributed by atoms with Crippen LogP contribution in [-0.4, -0.2) is 41.3 Å². The van der Waals surface area contributed by atoms with E-state index in [1.807, 2.05) is 0 Å². The molecule has 0 radical (unpaired) electrons. The third-order valence-electron chi connectivity index (χ3n) is 5.22. The van der Waals surface area contributed by atoms with Crippen molar-refractivity contribution in [2.45, 2.75) is 38.1 Å². The van der Waals surface area contributed by atoms with Gasteiger partial charge in [-0.05, 0) is 25.1 Å². The Balaban J connectivity index is 1.45. The van der Waals surface area contributed by atoms with Crippen LogP contribution >= 0.6 is 0 Å². The molecule has 2 saturated heterocycles. The highest BCUT2D eigenvalue weighted by Gasteiger charge is 2.44. The Bertz CT molecular complexity index is 886. The second kappa shape index (κ2) is 6.80. The van der Waals surface area contributed by atoms with Gasteiger partial charge < -0.3 is 13.9 Å². The molecule has 0 bridgehead atoms. The molecule has 0 N–H and O–H groups in total. The molecule has 28 heavy (non-hydrogen) atoms. The number of nitrogens with zero attached hydrogens (tertiary/aromatic N) is 2. The first-order valence-electron chi connectivity index (χ1n) is 8.96. The molecular weight excluding hydrogens is 377 g/mol. The average Bonchev–Trinajstić information content (AvgIpc) is 3.20. The van der Waals surface area contributed by atoms with Gasteiger partial charge in [0.05, 0.1) is 11.3 Å². The van der Waals surface area contributed by atoms with E-state index in [2.05, 4.69) is 9.88 Å². The van der Waals surface area contributed by atoms with Crippen LogP contribution < -0.4 is 0 Å². The van der Waals surface area contributed by atoms with Crippen LogP contribution in [0.4, 0.5) is 18.0 Å². The van der Waals surface area contributed by atoms with Crippen molar-refractivity contribution in [1.29, 1.82) is 0 Å². The lowest BCUT2D eigenvalue weighted by molar-refractivity contribution is -0.137. The molecule has 0 atom stereocenters. The number of aryl methyl sites for hydroxylation is 1. The fourth-order valence-electron chi connectivity index (χ4n) is 3.53. The zero-order valence-electron chi connectivity index (χ0n) is 15.2. The summed E-state index contributed by atoms with van der Waals surface area (Å²) in [6.45, 7) is 3.93. The summed E-state index contributed by atoms with van der Waals surface area (Å²) in [4.78, 5) is 17.8. The van der Waals surface area contributed by atoms with E-state index in [4.69, 9.17) is 13.9 Å². The molecule has 0 saturated carbocycles. The van der Waals surface area contributed by atoms with Gasteiger partial charge in [-0.2, -0.15) is 13.2 Å². The first-order valence-corrected chi connectivity index (χ1v) is 8.96. The second-order valence-electron chi connectivity index (χ2n) is 7.20. The fourth-order valence-corrected chi connectivity index (χ4v) is 3.53. The lowest BCUT2D eigenvalue weighted by Gasteiger charge is -2.35. The van der Waals surface area contributed by atoms with E-state index in [1.54, 1.807) is 13.0 Å². The minimum atomic E-state index is -4.42. The molecule has 2 aliphatic rings. The lowest BCUT2D eigenvalue weighted by atomic mass is 9.92. The number of rotatable bonds is 3. The number of ether oxygens (including phenoxy) is 2. The Morgan fingerprint density at radius 2 is 2.00 bits per heavy atom. The van der Waals surface area contributed by atoms with Crippen molar-refractivity contribution in [2.24, 2.45) is 0 Å². The van der Waals surface area contributed by atoms with Crippen molar-refractivity contribution >= 4 is 6.16 Å². The molecule has 0 aliphatic carbocycles. The molecule has 9 heteroatoms. The Morgan fingerprint density at radius 1 is 1.25 bits per heavy atom. The number of carbonyl (C=O) groups is 1. The number of alkyl halides is 3. The minimum Gasteiger partial charge on any atom is -0.441 e. The molecule has 2 aliphatic heterocycles. The maximum absolute atomic E-state index is 12.9. The van der Waals surface area contributed by atoms with Crippen LogP contribution in [0.5, 0.6) is 0 Å². The summed E-state index contributed by atoms with van der Waals surface area (Å²) >= 11 is 0. The van der Waals surface area contributed by atoms with Crippen LogP contribution in [0.1, 0.15) is 29.9 Å². The van der Waals surface area contributed by atoms with E-state index in [-0.39, 0.29) is 18.1 Å². The highest BCUT2D eigenvalue weighted by atomic mass is 19.4. The third-order valence-corrected chi connectivity index (χ3v) is 5.22. The lowest BCUT2D eigenvalue weighted by Crippen LogP contribution is -2.45. The van der Waals surface area contributed by atoms with Gasteiger partial charge in [-0.1, -0.05) is 6.07 Å². The summed E-state index contributed by atoms with van der Waals surface area (Å²) in [5, 5.41) is 0. The summed E-state index contributed by atoms with van der Waals surface area (Å²) in [5.74, 6) is 0.744. The summed E-state index contributed by atoms with van der Waals surface area (Å²) in [6, 6.07) is 4.94. The Morgan fingerprint density at radius 3 is 2.64 bits per heavy atom. The molecular formula is C19H19F3N2O4. The average molecular weight is 396 g/mol. The van der Waals surface area contributed by atoms with Crippen molar-refractivity contribution in [1.82, 2.24) is 9.88 Å². The number of benzene rings is 1. The van der Waals surface area contributed by atoms with Crippen LogP contribution in [0.25, 0.3) is 11.5 Å². The monoisotopic (exact) mass is 396 g/mol. The summed E-state index contributed by atoms with van der Waals surface area (Å²) in [5.41, 5.74) is -0.299. The van der Waals surface area contributed by atoms with E-state index < -0.39 is 23.5 Å². The molecule has 0 amide bonds. The van der Waals surface area contributed by atoms with E-state index in [1.165, 1.54) is 6.07 Å². The van der Waals surface area contributed by atoms with Crippen molar-refractivity contribution in [3.8, 4) is 11.5 Å². The number of halogens is 3. The van der Waals surface area contributed by atoms with Gasteiger partial charge in [-0.25, -0.2) is 9.78 Å². The normalized spacial score (nSPS) is 19.6. The van der Waals surface area contributed by atoms with Gasteiger partial charge in [0, 0.05) is 38.0 Å². The molecule has 150 valence electrons. The van der Waals surface area contributed by atoms with Crippen LogP contribution in [0.15, 0.2) is 28.7 Å². The number of cyclic esters (lactones) is 1. The van der Waals surface area contributed by atoms with E-state index in [0.717, 1.165) is 12.1 Å². The molecule has 0 unspecified atom stereocenters.